The van der Waals surface area contributed by atoms with Crippen LogP contribution in [0.4, 0.5) is 4.39 Å². The number of benzene rings is 1. The Morgan fingerprint density at radius 3 is 3.00 bits per heavy atom. The van der Waals surface area contributed by atoms with Gasteiger partial charge < -0.3 is 10.1 Å². The number of hydrogen-bond acceptors (Lipinski definition) is 4. The third-order valence-electron chi connectivity index (χ3n) is 3.20. The fourth-order valence-corrected chi connectivity index (χ4v) is 4.80. The smallest absolute Gasteiger partial charge is 0.131 e. The van der Waals surface area contributed by atoms with E-state index in [2.05, 4.69) is 5.32 Å². The van der Waals surface area contributed by atoms with Crippen LogP contribution in [0.2, 0.25) is 0 Å². The maximum atomic E-state index is 13.9. The molecule has 0 amide bonds. The van der Waals surface area contributed by atoms with E-state index in [1.165, 1.54) is 23.3 Å². The van der Waals surface area contributed by atoms with Crippen LogP contribution in [0.15, 0.2) is 18.2 Å². The highest BCUT2D eigenvalue weighted by Gasteiger charge is 2.19. The highest BCUT2D eigenvalue weighted by Crippen LogP contribution is 2.29. The van der Waals surface area contributed by atoms with Crippen LogP contribution in [0.5, 0.6) is 5.75 Å². The summed E-state index contributed by atoms with van der Waals surface area (Å²) in [4.78, 5) is 0. The number of methoxy groups -OCH3 is 1. The van der Waals surface area contributed by atoms with Crippen molar-refractivity contribution in [2.24, 2.45) is 0 Å². The van der Waals surface area contributed by atoms with Gasteiger partial charge in [-0.25, -0.2) is 4.39 Å². The van der Waals surface area contributed by atoms with Gasteiger partial charge in [0.05, 0.1) is 7.11 Å². The van der Waals surface area contributed by atoms with Crippen LogP contribution >= 0.6 is 23.5 Å². The van der Waals surface area contributed by atoms with Crippen LogP contribution in [-0.4, -0.2) is 36.2 Å². The fraction of sp³-hybridized carbons (Fsp3) is 0.571. The normalized spacial score (nSPS) is 21.1. The van der Waals surface area contributed by atoms with Gasteiger partial charge in [-0.1, -0.05) is 6.07 Å². The Labute approximate surface area is 122 Å². The molecule has 2 rings (SSSR count). The van der Waals surface area contributed by atoms with Gasteiger partial charge in [0.25, 0.3) is 0 Å². The van der Waals surface area contributed by atoms with Crippen LogP contribution < -0.4 is 10.1 Å². The average Bonchev–Trinajstić information content (AvgIpc) is 2.45. The number of ether oxygens (including phenoxy) is 1. The molecule has 1 aliphatic rings. The Bertz CT molecular complexity index is 410. The number of hydrogen-bond donors (Lipinski definition) is 1. The summed E-state index contributed by atoms with van der Waals surface area (Å²) in [7, 11) is 1.58. The molecule has 2 nitrogen and oxygen atoms in total. The largest absolute Gasteiger partial charge is 0.496 e. The molecule has 0 bridgehead atoms. The molecule has 2 unspecified atom stereocenters. The van der Waals surface area contributed by atoms with Gasteiger partial charge in [-0.2, -0.15) is 23.5 Å². The van der Waals surface area contributed by atoms with Crippen molar-refractivity contribution in [3.63, 3.8) is 0 Å². The third kappa shape index (κ3) is 4.04. The van der Waals surface area contributed by atoms with Crippen molar-refractivity contribution in [3.8, 4) is 5.75 Å². The first-order valence-electron chi connectivity index (χ1n) is 6.47. The van der Waals surface area contributed by atoms with Crippen molar-refractivity contribution < 1.29 is 9.13 Å². The fourth-order valence-electron chi connectivity index (χ4n) is 2.18. The maximum absolute atomic E-state index is 13.9. The Morgan fingerprint density at radius 1 is 1.47 bits per heavy atom. The minimum atomic E-state index is -0.204. The van der Waals surface area contributed by atoms with Gasteiger partial charge in [-0.3, -0.25) is 0 Å². The summed E-state index contributed by atoms with van der Waals surface area (Å²) in [5, 5.41) is 4.05. The lowest BCUT2D eigenvalue weighted by Gasteiger charge is -2.24. The van der Waals surface area contributed by atoms with E-state index in [1.807, 2.05) is 36.5 Å². The summed E-state index contributed by atoms with van der Waals surface area (Å²) in [5.41, 5.74) is 0.624. The van der Waals surface area contributed by atoms with Crippen molar-refractivity contribution in [1.29, 1.82) is 0 Å². The maximum Gasteiger partial charge on any atom is 0.131 e. The van der Waals surface area contributed by atoms with Gasteiger partial charge in [-0.15, -0.1) is 0 Å². The average molecular weight is 301 g/mol. The zero-order valence-electron chi connectivity index (χ0n) is 11.3. The molecule has 1 aromatic carbocycles. The predicted octanol–water partition coefficient (Wildman–Crippen LogP) is 3.33. The van der Waals surface area contributed by atoms with Gasteiger partial charge in [0.1, 0.15) is 11.6 Å². The van der Waals surface area contributed by atoms with Crippen molar-refractivity contribution in [1.82, 2.24) is 5.32 Å². The van der Waals surface area contributed by atoms with Crippen molar-refractivity contribution in [2.45, 2.75) is 18.2 Å². The van der Waals surface area contributed by atoms with E-state index in [0.29, 0.717) is 16.6 Å². The van der Waals surface area contributed by atoms with E-state index in [9.17, 15) is 4.39 Å². The minimum absolute atomic E-state index is 0.0383. The zero-order valence-corrected chi connectivity index (χ0v) is 13.0. The number of thioether (sulfide) groups is 2. The van der Waals surface area contributed by atoms with Crippen molar-refractivity contribution in [3.05, 3.63) is 29.6 Å². The van der Waals surface area contributed by atoms with Gasteiger partial charge in [0.15, 0.2) is 0 Å². The molecular weight excluding hydrogens is 281 g/mol. The van der Waals surface area contributed by atoms with E-state index in [0.717, 1.165) is 6.54 Å². The molecule has 1 aromatic rings. The molecule has 0 saturated carbocycles. The molecule has 106 valence electrons. The van der Waals surface area contributed by atoms with E-state index in [4.69, 9.17) is 4.74 Å². The predicted molar refractivity (Wildman–Crippen MR) is 82.9 cm³/mol. The van der Waals surface area contributed by atoms with E-state index >= 15 is 0 Å². The second-order valence-corrected chi connectivity index (χ2v) is 7.11. The molecule has 0 aliphatic carbocycles. The lowest BCUT2D eigenvalue weighted by molar-refractivity contribution is 0.394. The lowest BCUT2D eigenvalue weighted by Crippen LogP contribution is -2.31. The van der Waals surface area contributed by atoms with Gasteiger partial charge in [0.2, 0.25) is 0 Å². The minimum Gasteiger partial charge on any atom is -0.496 e. The molecule has 0 aromatic heterocycles. The molecule has 2 atom stereocenters. The number of nitrogens with one attached hydrogen (secondary N) is 1. The summed E-state index contributed by atoms with van der Waals surface area (Å²) in [6, 6.07) is 4.94. The second-order valence-electron chi connectivity index (χ2n) is 4.55. The van der Waals surface area contributed by atoms with E-state index in [1.54, 1.807) is 13.2 Å². The highest BCUT2D eigenvalue weighted by atomic mass is 32.2. The summed E-state index contributed by atoms with van der Waals surface area (Å²) in [5.74, 6) is 4.06. The molecule has 0 spiro atoms. The van der Waals surface area contributed by atoms with Gasteiger partial charge in [-0.05, 0) is 19.1 Å². The topological polar surface area (TPSA) is 21.3 Å². The van der Waals surface area contributed by atoms with E-state index in [-0.39, 0.29) is 11.9 Å². The first-order valence-corrected chi connectivity index (χ1v) is 8.68. The quantitative estimate of drug-likeness (QED) is 0.900. The summed E-state index contributed by atoms with van der Waals surface area (Å²) in [6.45, 7) is 2.90. The van der Waals surface area contributed by atoms with Crippen LogP contribution in [0.1, 0.15) is 18.5 Å². The molecule has 5 heteroatoms. The molecule has 1 N–H and O–H groups in total. The Morgan fingerprint density at radius 2 is 2.32 bits per heavy atom. The van der Waals surface area contributed by atoms with Crippen molar-refractivity contribution >= 4 is 23.5 Å². The zero-order chi connectivity index (χ0) is 13.7. The summed E-state index contributed by atoms with van der Waals surface area (Å²) >= 11 is 4.01. The van der Waals surface area contributed by atoms with Crippen LogP contribution in [0.25, 0.3) is 0 Å². The molecule has 1 heterocycles. The van der Waals surface area contributed by atoms with E-state index < -0.39 is 0 Å². The van der Waals surface area contributed by atoms with Gasteiger partial charge >= 0.3 is 0 Å². The SMILES string of the molecule is COc1cccc(F)c1C(C)NCC1CSCCS1. The lowest BCUT2D eigenvalue weighted by atomic mass is 10.1. The standard InChI is InChI=1S/C14H20FNOS2/c1-10(16-8-11-9-18-6-7-19-11)14-12(15)4-3-5-13(14)17-2/h3-5,10-11,16H,6-9H2,1-2H3. The summed E-state index contributed by atoms with van der Waals surface area (Å²) in [6.07, 6.45) is 0. The summed E-state index contributed by atoms with van der Waals surface area (Å²) < 4.78 is 19.2. The molecular formula is C14H20FNOS2. The van der Waals surface area contributed by atoms with Gasteiger partial charge in [0, 0.05) is 40.7 Å². The molecule has 19 heavy (non-hydrogen) atoms. The number of halogens is 1. The monoisotopic (exact) mass is 301 g/mol. The highest BCUT2D eigenvalue weighted by molar-refractivity contribution is 8.06. The van der Waals surface area contributed by atoms with Crippen molar-refractivity contribution in [2.75, 3.05) is 30.9 Å². The van der Waals surface area contributed by atoms with Crippen LogP contribution in [0.3, 0.4) is 0 Å². The Kier molecular flexibility index (Phi) is 5.85. The second kappa shape index (κ2) is 7.41. The van der Waals surface area contributed by atoms with Crippen LogP contribution in [-0.2, 0) is 0 Å². The van der Waals surface area contributed by atoms with Crippen LogP contribution in [0, 0.1) is 5.82 Å². The molecule has 1 aliphatic heterocycles. The first-order chi connectivity index (χ1) is 9.22. The molecule has 0 radical (unpaired) electrons. The first kappa shape index (κ1) is 15.0. The third-order valence-corrected chi connectivity index (χ3v) is 6.05. The Balaban J connectivity index is 1.97. The molecule has 1 fully saturated rings. The Hall–Kier alpha value is -0.390. The number of rotatable bonds is 5. The molecule has 1 saturated heterocycles.